The van der Waals surface area contributed by atoms with Crippen molar-refractivity contribution in [2.75, 3.05) is 13.1 Å². The van der Waals surface area contributed by atoms with Gasteiger partial charge in [0.1, 0.15) is 6.04 Å². The number of likely N-dealkylation sites (tertiary alicyclic amines) is 1. The summed E-state index contributed by atoms with van der Waals surface area (Å²) in [5.41, 5.74) is 7.00. The number of aromatic nitrogens is 3. The lowest BCUT2D eigenvalue weighted by atomic mass is 9.96. The van der Waals surface area contributed by atoms with Crippen LogP contribution in [-0.4, -0.2) is 38.9 Å². The lowest BCUT2D eigenvalue weighted by molar-refractivity contribution is -0.134. The molecule has 0 radical (unpaired) electrons. The maximum Gasteiger partial charge on any atom is 0.244 e. The van der Waals surface area contributed by atoms with Gasteiger partial charge in [0.25, 0.3) is 0 Å². The second-order valence-electron chi connectivity index (χ2n) is 5.81. The predicted octanol–water partition coefficient (Wildman–Crippen LogP) is 1.64. The van der Waals surface area contributed by atoms with E-state index < -0.39 is 6.04 Å². The number of amides is 1. The molecule has 1 aromatic heterocycles. The monoisotopic (exact) mass is 335 g/mol. The van der Waals surface area contributed by atoms with E-state index >= 15 is 0 Å². The first-order chi connectivity index (χ1) is 10.7. The second kappa shape index (κ2) is 8.08. The highest BCUT2D eigenvalue weighted by molar-refractivity contribution is 5.85. The molecule has 124 valence electrons. The Labute approximate surface area is 142 Å². The van der Waals surface area contributed by atoms with Gasteiger partial charge >= 0.3 is 0 Å². The number of piperidine rings is 1. The van der Waals surface area contributed by atoms with Crippen molar-refractivity contribution in [3.63, 3.8) is 0 Å². The zero-order valence-corrected chi connectivity index (χ0v) is 13.7. The molecular formula is C16H22ClN5O. The molecule has 1 amide bonds. The van der Waals surface area contributed by atoms with E-state index in [2.05, 4.69) is 10.3 Å². The number of rotatable bonds is 4. The Morgan fingerprint density at radius 1 is 1.35 bits per heavy atom. The number of halogens is 1. The van der Waals surface area contributed by atoms with Crippen LogP contribution in [0, 0.1) is 5.92 Å². The SMILES string of the molecule is Cl.NC(C(=O)N1CCCC(Cn2ccnn2)C1)c1ccccc1. The van der Waals surface area contributed by atoms with Crippen LogP contribution in [0.3, 0.4) is 0 Å². The molecule has 23 heavy (non-hydrogen) atoms. The van der Waals surface area contributed by atoms with Gasteiger partial charge in [0.2, 0.25) is 5.91 Å². The fourth-order valence-corrected chi connectivity index (χ4v) is 3.01. The normalized spacial score (nSPS) is 19.0. The minimum Gasteiger partial charge on any atom is -0.341 e. The Morgan fingerprint density at radius 3 is 2.83 bits per heavy atom. The van der Waals surface area contributed by atoms with Crippen LogP contribution in [0.4, 0.5) is 0 Å². The highest BCUT2D eigenvalue weighted by atomic mass is 35.5. The van der Waals surface area contributed by atoms with Crippen LogP contribution in [0.2, 0.25) is 0 Å². The number of benzene rings is 1. The van der Waals surface area contributed by atoms with Gasteiger partial charge in [-0.05, 0) is 24.3 Å². The van der Waals surface area contributed by atoms with Gasteiger partial charge in [-0.3, -0.25) is 9.48 Å². The molecule has 0 bridgehead atoms. The molecule has 1 aromatic carbocycles. The fourth-order valence-electron chi connectivity index (χ4n) is 3.01. The summed E-state index contributed by atoms with van der Waals surface area (Å²) < 4.78 is 1.83. The van der Waals surface area contributed by atoms with E-state index in [0.29, 0.717) is 5.92 Å². The van der Waals surface area contributed by atoms with Crippen LogP contribution < -0.4 is 5.73 Å². The largest absolute Gasteiger partial charge is 0.341 e. The molecule has 2 atom stereocenters. The topological polar surface area (TPSA) is 77.0 Å². The average molecular weight is 336 g/mol. The molecule has 1 saturated heterocycles. The summed E-state index contributed by atoms with van der Waals surface area (Å²) in [6.45, 7) is 2.32. The number of carbonyl (C=O) groups excluding carboxylic acids is 1. The molecule has 2 heterocycles. The molecule has 7 heteroatoms. The fraction of sp³-hybridized carbons (Fsp3) is 0.438. The summed E-state index contributed by atoms with van der Waals surface area (Å²) in [6.07, 6.45) is 5.64. The standard InChI is InChI=1S/C16H21N5O.ClH/c17-15(14-6-2-1-3-7-14)16(22)20-9-4-5-13(11-20)12-21-10-8-18-19-21;/h1-3,6-8,10,13,15H,4-5,9,11-12,17H2;1H. The molecule has 1 fully saturated rings. The number of hydrogen-bond acceptors (Lipinski definition) is 4. The Bertz CT molecular complexity index is 604. The van der Waals surface area contributed by atoms with Crippen molar-refractivity contribution >= 4 is 18.3 Å². The summed E-state index contributed by atoms with van der Waals surface area (Å²) in [4.78, 5) is 14.5. The first kappa shape index (κ1) is 17.4. The molecule has 2 N–H and O–H groups in total. The lowest BCUT2D eigenvalue weighted by Gasteiger charge is -2.34. The van der Waals surface area contributed by atoms with Crippen LogP contribution in [0.1, 0.15) is 24.4 Å². The molecule has 2 unspecified atom stereocenters. The number of nitrogens with zero attached hydrogens (tertiary/aromatic N) is 4. The summed E-state index contributed by atoms with van der Waals surface area (Å²) in [7, 11) is 0. The summed E-state index contributed by atoms with van der Waals surface area (Å²) in [5, 5.41) is 7.82. The maximum atomic E-state index is 12.6. The van der Waals surface area contributed by atoms with Crippen LogP contribution in [-0.2, 0) is 11.3 Å². The van der Waals surface area contributed by atoms with E-state index in [0.717, 1.165) is 38.0 Å². The van der Waals surface area contributed by atoms with E-state index in [1.165, 1.54) is 0 Å². The Morgan fingerprint density at radius 2 is 2.13 bits per heavy atom. The minimum atomic E-state index is -0.577. The molecule has 0 saturated carbocycles. The average Bonchev–Trinajstić information content (AvgIpc) is 3.07. The summed E-state index contributed by atoms with van der Waals surface area (Å²) in [5.74, 6) is 0.414. The molecule has 0 aliphatic carbocycles. The molecular weight excluding hydrogens is 314 g/mol. The van der Waals surface area contributed by atoms with Gasteiger partial charge in [-0.2, -0.15) is 0 Å². The quantitative estimate of drug-likeness (QED) is 0.921. The van der Waals surface area contributed by atoms with Crippen molar-refractivity contribution < 1.29 is 4.79 Å². The predicted molar refractivity (Wildman–Crippen MR) is 89.9 cm³/mol. The van der Waals surface area contributed by atoms with Crippen LogP contribution in [0.5, 0.6) is 0 Å². The molecule has 1 aliphatic heterocycles. The van der Waals surface area contributed by atoms with Crippen molar-refractivity contribution in [2.24, 2.45) is 11.7 Å². The van der Waals surface area contributed by atoms with Crippen molar-refractivity contribution in [1.29, 1.82) is 0 Å². The summed E-state index contributed by atoms with van der Waals surface area (Å²) >= 11 is 0. The second-order valence-corrected chi connectivity index (χ2v) is 5.81. The highest BCUT2D eigenvalue weighted by Crippen LogP contribution is 2.21. The lowest BCUT2D eigenvalue weighted by Crippen LogP contribution is -2.45. The molecule has 3 rings (SSSR count). The van der Waals surface area contributed by atoms with Gasteiger partial charge in [-0.25, -0.2) is 0 Å². The Balaban J connectivity index is 0.00000192. The van der Waals surface area contributed by atoms with E-state index in [1.807, 2.05) is 46.1 Å². The third kappa shape index (κ3) is 4.30. The third-order valence-corrected chi connectivity index (χ3v) is 4.17. The Hall–Kier alpha value is -1.92. The van der Waals surface area contributed by atoms with Gasteiger partial charge in [-0.1, -0.05) is 35.5 Å². The van der Waals surface area contributed by atoms with E-state index in [4.69, 9.17) is 5.73 Å². The van der Waals surface area contributed by atoms with Crippen molar-refractivity contribution in [1.82, 2.24) is 19.9 Å². The van der Waals surface area contributed by atoms with E-state index in [9.17, 15) is 4.79 Å². The zero-order chi connectivity index (χ0) is 15.4. The van der Waals surface area contributed by atoms with Gasteiger partial charge < -0.3 is 10.6 Å². The van der Waals surface area contributed by atoms with Crippen molar-refractivity contribution in [2.45, 2.75) is 25.4 Å². The van der Waals surface area contributed by atoms with Gasteiger partial charge in [0.05, 0.1) is 6.20 Å². The molecule has 6 nitrogen and oxygen atoms in total. The maximum absolute atomic E-state index is 12.6. The zero-order valence-electron chi connectivity index (χ0n) is 12.9. The van der Waals surface area contributed by atoms with Crippen molar-refractivity contribution in [3.8, 4) is 0 Å². The van der Waals surface area contributed by atoms with Crippen LogP contribution in [0.15, 0.2) is 42.7 Å². The molecule has 1 aliphatic rings. The van der Waals surface area contributed by atoms with Gasteiger partial charge in [0, 0.05) is 25.8 Å². The Kier molecular flexibility index (Phi) is 6.12. The number of hydrogen-bond donors (Lipinski definition) is 1. The number of carbonyl (C=O) groups is 1. The first-order valence-electron chi connectivity index (χ1n) is 7.67. The third-order valence-electron chi connectivity index (χ3n) is 4.17. The highest BCUT2D eigenvalue weighted by Gasteiger charge is 2.28. The minimum absolute atomic E-state index is 0. The molecule has 2 aromatic rings. The van der Waals surface area contributed by atoms with Crippen molar-refractivity contribution in [3.05, 3.63) is 48.3 Å². The van der Waals surface area contributed by atoms with Crippen LogP contribution >= 0.6 is 12.4 Å². The first-order valence-corrected chi connectivity index (χ1v) is 7.67. The molecule has 0 spiro atoms. The number of nitrogens with two attached hydrogens (primary N) is 1. The van der Waals surface area contributed by atoms with Gasteiger partial charge in [-0.15, -0.1) is 17.5 Å². The van der Waals surface area contributed by atoms with Crippen LogP contribution in [0.25, 0.3) is 0 Å². The summed E-state index contributed by atoms with van der Waals surface area (Å²) in [6, 6.07) is 8.97. The van der Waals surface area contributed by atoms with E-state index in [-0.39, 0.29) is 18.3 Å². The smallest absolute Gasteiger partial charge is 0.244 e. The van der Waals surface area contributed by atoms with Gasteiger partial charge in [0.15, 0.2) is 0 Å². The van der Waals surface area contributed by atoms with E-state index in [1.54, 1.807) is 6.20 Å².